The maximum atomic E-state index is 12.0. The van der Waals surface area contributed by atoms with E-state index in [4.69, 9.17) is 9.84 Å². The smallest absolute Gasteiger partial charge is 0.321 e. The number of pyridine rings is 1. The Labute approximate surface area is 222 Å². The number of urea groups is 1. The van der Waals surface area contributed by atoms with E-state index < -0.39 is 17.5 Å². The number of fused-ring (bicyclic) bond motifs is 1. The van der Waals surface area contributed by atoms with Crippen LogP contribution >= 0.6 is 11.3 Å². The summed E-state index contributed by atoms with van der Waals surface area (Å²) in [5.74, 6) is -1.44. The highest BCUT2D eigenvalue weighted by molar-refractivity contribution is 7.22. The summed E-state index contributed by atoms with van der Waals surface area (Å²) in [5, 5.41) is 14.7. The topological polar surface area (TPSA) is 156 Å². The summed E-state index contributed by atoms with van der Waals surface area (Å²) in [6.07, 6.45) is 4.41. The molecule has 38 heavy (non-hydrogen) atoms. The van der Waals surface area contributed by atoms with Gasteiger partial charge in [-0.1, -0.05) is 17.4 Å². The first kappa shape index (κ1) is 26.6. The number of aromatic nitrogens is 4. The summed E-state index contributed by atoms with van der Waals surface area (Å²) < 4.78 is 6.29. The Balaban J connectivity index is 1.66. The van der Waals surface area contributed by atoms with Gasteiger partial charge in [-0.25, -0.2) is 19.7 Å². The molecule has 4 aromatic rings. The van der Waals surface area contributed by atoms with Gasteiger partial charge in [-0.2, -0.15) is 0 Å². The SMILES string of the molecule is CCNC(=O)Nc1nc2cc(-c3cnc(C(C)(C)OC(=O)CCC(=O)O)nc3)cc(-c3ccccn3)c2s1. The summed E-state index contributed by atoms with van der Waals surface area (Å²) in [6.45, 7) is 5.62. The molecule has 0 fully saturated rings. The summed E-state index contributed by atoms with van der Waals surface area (Å²) in [7, 11) is 0. The number of carbonyl (C=O) groups excluding carboxylic acids is 2. The van der Waals surface area contributed by atoms with Gasteiger partial charge in [0.15, 0.2) is 16.6 Å². The lowest BCUT2D eigenvalue weighted by atomic mass is 10.0. The summed E-state index contributed by atoms with van der Waals surface area (Å²) in [6, 6.07) is 9.15. The van der Waals surface area contributed by atoms with Gasteiger partial charge in [0.25, 0.3) is 0 Å². The van der Waals surface area contributed by atoms with E-state index in [0.717, 1.165) is 21.5 Å². The minimum atomic E-state index is -1.15. The van der Waals surface area contributed by atoms with Gasteiger partial charge in [-0.15, -0.1) is 0 Å². The maximum absolute atomic E-state index is 12.0. The average molecular weight is 535 g/mol. The highest BCUT2D eigenvalue weighted by Gasteiger charge is 2.29. The van der Waals surface area contributed by atoms with Gasteiger partial charge >= 0.3 is 18.0 Å². The number of anilines is 1. The molecule has 196 valence electrons. The van der Waals surface area contributed by atoms with Crippen molar-refractivity contribution in [3.05, 3.63) is 54.7 Å². The third-order valence-electron chi connectivity index (χ3n) is 5.42. The fraction of sp³-hybridized carbons (Fsp3) is 0.269. The number of thiazole rings is 1. The van der Waals surface area contributed by atoms with Crippen molar-refractivity contribution < 1.29 is 24.2 Å². The average Bonchev–Trinajstić information content (AvgIpc) is 3.29. The Hall–Kier alpha value is -4.45. The number of carboxylic acids is 1. The van der Waals surface area contributed by atoms with Crippen LogP contribution in [-0.4, -0.2) is 49.6 Å². The van der Waals surface area contributed by atoms with Crippen LogP contribution in [-0.2, 0) is 19.9 Å². The lowest BCUT2D eigenvalue weighted by Gasteiger charge is -2.23. The van der Waals surface area contributed by atoms with E-state index in [1.165, 1.54) is 11.3 Å². The largest absolute Gasteiger partial charge is 0.481 e. The van der Waals surface area contributed by atoms with Gasteiger partial charge in [0.1, 0.15) is 0 Å². The van der Waals surface area contributed by atoms with Crippen LogP contribution in [0.25, 0.3) is 32.6 Å². The number of aliphatic carboxylic acids is 1. The Morgan fingerprint density at radius 1 is 1.05 bits per heavy atom. The number of rotatable bonds is 9. The van der Waals surface area contributed by atoms with Crippen molar-refractivity contribution in [1.82, 2.24) is 25.3 Å². The van der Waals surface area contributed by atoms with Gasteiger partial charge in [-0.05, 0) is 50.6 Å². The first-order valence-corrected chi connectivity index (χ1v) is 12.7. The standard InChI is InChI=1S/C26H26N6O5S/c1-4-27-24(36)32-25-31-19-12-15(11-17(22(19)38-25)18-7-5-6-10-28-18)16-13-29-23(30-14-16)26(2,3)37-21(35)9-8-20(33)34/h5-7,10-14H,4,8-9H2,1-3H3,(H,33,34)(H2,27,31,32,36). The third kappa shape index (κ3) is 6.27. The Kier molecular flexibility index (Phi) is 7.91. The molecule has 2 amide bonds. The normalized spacial score (nSPS) is 11.2. The van der Waals surface area contributed by atoms with Crippen LogP contribution in [0.4, 0.5) is 9.93 Å². The molecule has 1 aromatic carbocycles. The zero-order valence-corrected chi connectivity index (χ0v) is 21.8. The Morgan fingerprint density at radius 3 is 2.47 bits per heavy atom. The number of carboxylic acid groups (broad SMARTS) is 1. The molecular weight excluding hydrogens is 508 g/mol. The van der Waals surface area contributed by atoms with Crippen LogP contribution in [0.1, 0.15) is 39.4 Å². The van der Waals surface area contributed by atoms with Crippen LogP contribution in [0.15, 0.2) is 48.9 Å². The first-order chi connectivity index (χ1) is 18.2. The van der Waals surface area contributed by atoms with Crippen molar-refractivity contribution in [3.8, 4) is 22.4 Å². The number of nitrogens with zero attached hydrogens (tertiary/aromatic N) is 4. The van der Waals surface area contributed by atoms with Crippen LogP contribution in [0.5, 0.6) is 0 Å². The van der Waals surface area contributed by atoms with Crippen LogP contribution < -0.4 is 10.6 Å². The van der Waals surface area contributed by atoms with Crippen LogP contribution in [0.2, 0.25) is 0 Å². The zero-order chi connectivity index (χ0) is 27.3. The van der Waals surface area contributed by atoms with E-state index in [-0.39, 0.29) is 24.7 Å². The van der Waals surface area contributed by atoms with E-state index in [0.29, 0.717) is 22.8 Å². The highest BCUT2D eigenvalue weighted by Crippen LogP contribution is 2.38. The predicted octanol–water partition coefficient (Wildman–Crippen LogP) is 4.60. The molecule has 0 unspecified atom stereocenters. The van der Waals surface area contributed by atoms with E-state index in [1.807, 2.05) is 37.3 Å². The van der Waals surface area contributed by atoms with Crippen molar-refractivity contribution in [2.75, 3.05) is 11.9 Å². The second-order valence-electron chi connectivity index (χ2n) is 8.76. The molecule has 11 nitrogen and oxygen atoms in total. The molecule has 0 radical (unpaired) electrons. The first-order valence-electron chi connectivity index (χ1n) is 11.8. The fourth-order valence-corrected chi connectivity index (χ4v) is 4.61. The summed E-state index contributed by atoms with van der Waals surface area (Å²) in [5.41, 5.74) is 2.61. The highest BCUT2D eigenvalue weighted by atomic mass is 32.1. The van der Waals surface area contributed by atoms with Crippen LogP contribution in [0.3, 0.4) is 0 Å². The molecule has 3 N–H and O–H groups in total. The summed E-state index contributed by atoms with van der Waals surface area (Å²) in [4.78, 5) is 52.7. The van der Waals surface area contributed by atoms with Gasteiger partial charge < -0.3 is 15.2 Å². The third-order valence-corrected chi connectivity index (χ3v) is 6.44. The minimum Gasteiger partial charge on any atom is -0.481 e. The molecule has 0 bridgehead atoms. The molecule has 0 saturated carbocycles. The molecular formula is C26H26N6O5S. The van der Waals surface area contributed by atoms with E-state index in [1.54, 1.807) is 32.4 Å². The van der Waals surface area contributed by atoms with E-state index in [2.05, 4.69) is 30.6 Å². The second-order valence-corrected chi connectivity index (χ2v) is 9.76. The molecule has 0 aliphatic carbocycles. The van der Waals surface area contributed by atoms with Crippen molar-refractivity contribution in [2.45, 2.75) is 39.2 Å². The molecule has 0 aliphatic heterocycles. The van der Waals surface area contributed by atoms with Crippen molar-refractivity contribution in [1.29, 1.82) is 0 Å². The number of carbonyl (C=O) groups is 3. The maximum Gasteiger partial charge on any atom is 0.321 e. The van der Waals surface area contributed by atoms with Crippen molar-refractivity contribution in [2.24, 2.45) is 0 Å². The number of amides is 2. The molecule has 0 spiro atoms. The molecule has 3 aromatic heterocycles. The number of benzene rings is 1. The summed E-state index contributed by atoms with van der Waals surface area (Å²) >= 11 is 1.35. The number of nitrogens with one attached hydrogen (secondary N) is 2. The Bertz CT molecular complexity index is 1470. The number of esters is 1. The monoisotopic (exact) mass is 534 g/mol. The fourth-order valence-electron chi connectivity index (χ4n) is 3.65. The Morgan fingerprint density at radius 2 is 1.82 bits per heavy atom. The van der Waals surface area contributed by atoms with Crippen molar-refractivity contribution in [3.63, 3.8) is 0 Å². The quantitative estimate of drug-likeness (QED) is 0.261. The van der Waals surface area contributed by atoms with E-state index >= 15 is 0 Å². The molecule has 0 atom stereocenters. The molecule has 4 rings (SSSR count). The number of hydrogen-bond donors (Lipinski definition) is 3. The molecule has 3 heterocycles. The molecule has 12 heteroatoms. The molecule has 0 aliphatic rings. The number of hydrogen-bond acceptors (Lipinski definition) is 9. The minimum absolute atomic E-state index is 0.238. The van der Waals surface area contributed by atoms with Gasteiger partial charge in [0, 0.05) is 36.3 Å². The molecule has 0 saturated heterocycles. The zero-order valence-electron chi connectivity index (χ0n) is 21.0. The predicted molar refractivity (Wildman–Crippen MR) is 143 cm³/mol. The van der Waals surface area contributed by atoms with Gasteiger partial charge in [0.2, 0.25) is 0 Å². The van der Waals surface area contributed by atoms with Crippen LogP contribution in [0, 0.1) is 0 Å². The van der Waals surface area contributed by atoms with Crippen molar-refractivity contribution >= 4 is 44.7 Å². The number of ether oxygens (including phenoxy) is 1. The lowest BCUT2D eigenvalue weighted by molar-refractivity contribution is -0.160. The van der Waals surface area contributed by atoms with Gasteiger partial charge in [0.05, 0.1) is 28.8 Å². The van der Waals surface area contributed by atoms with E-state index in [9.17, 15) is 14.4 Å². The second kappa shape index (κ2) is 11.3. The lowest BCUT2D eigenvalue weighted by Crippen LogP contribution is -2.28. The van der Waals surface area contributed by atoms with Gasteiger partial charge in [-0.3, -0.25) is 19.9 Å².